The average Bonchev–Trinajstić information content (AvgIpc) is 3.00. The van der Waals surface area contributed by atoms with E-state index in [-0.39, 0.29) is 40.3 Å². The molecule has 1 aromatic carbocycles. The molecule has 3 aliphatic rings. The van der Waals surface area contributed by atoms with Gasteiger partial charge in [-0.25, -0.2) is 4.39 Å². The lowest BCUT2D eigenvalue weighted by Crippen LogP contribution is -2.84. The summed E-state index contributed by atoms with van der Waals surface area (Å²) in [5.41, 5.74) is 0.541. The van der Waals surface area contributed by atoms with Crippen molar-refractivity contribution in [3.8, 4) is 5.75 Å². The van der Waals surface area contributed by atoms with Gasteiger partial charge in [-0.1, -0.05) is 23.7 Å². The van der Waals surface area contributed by atoms with Crippen molar-refractivity contribution in [2.75, 3.05) is 6.61 Å². The van der Waals surface area contributed by atoms with E-state index in [2.05, 4.69) is 15.8 Å². The first-order valence-electron chi connectivity index (χ1n) is 9.41. The second-order valence-electron chi connectivity index (χ2n) is 7.87. The van der Waals surface area contributed by atoms with Crippen molar-refractivity contribution in [2.45, 2.75) is 50.6 Å². The van der Waals surface area contributed by atoms with Crippen LogP contribution in [0.5, 0.6) is 5.75 Å². The predicted molar refractivity (Wildman–Crippen MR) is 102 cm³/mol. The van der Waals surface area contributed by atoms with Gasteiger partial charge < -0.3 is 19.9 Å². The number of halogens is 2. The van der Waals surface area contributed by atoms with Gasteiger partial charge in [0.05, 0.1) is 10.7 Å². The molecule has 0 radical (unpaired) electrons. The highest BCUT2D eigenvalue weighted by molar-refractivity contribution is 6.30. The maximum Gasteiger partial charge on any atom is 0.258 e. The van der Waals surface area contributed by atoms with Crippen LogP contribution in [0.25, 0.3) is 0 Å². The first-order chi connectivity index (χ1) is 13.7. The van der Waals surface area contributed by atoms with E-state index in [9.17, 15) is 14.0 Å². The zero-order valence-electron chi connectivity index (χ0n) is 16.1. The van der Waals surface area contributed by atoms with Gasteiger partial charge in [0.2, 0.25) is 0 Å². The smallest absolute Gasteiger partial charge is 0.258 e. The molecule has 2 N–H and O–H groups in total. The third-order valence-corrected chi connectivity index (χ3v) is 5.88. The minimum absolute atomic E-state index is 0.00420. The molecule has 0 atom stereocenters. The van der Waals surface area contributed by atoms with Crippen molar-refractivity contribution in [3.05, 3.63) is 46.1 Å². The monoisotopic (exact) mass is 421 g/mol. The molecule has 2 bridgehead atoms. The van der Waals surface area contributed by atoms with E-state index in [0.29, 0.717) is 42.7 Å². The molecular weight excluding hydrogens is 401 g/mol. The molecule has 0 spiro atoms. The lowest BCUT2D eigenvalue weighted by molar-refractivity contribution is -0.141. The summed E-state index contributed by atoms with van der Waals surface area (Å²) in [7, 11) is 0. The number of amides is 2. The number of hydrogen-bond acceptors (Lipinski definition) is 5. The van der Waals surface area contributed by atoms with Crippen molar-refractivity contribution >= 4 is 23.4 Å². The molecule has 3 fully saturated rings. The van der Waals surface area contributed by atoms with Crippen LogP contribution in [0.15, 0.2) is 22.7 Å². The third-order valence-electron chi connectivity index (χ3n) is 5.57. The topological polar surface area (TPSA) is 93.5 Å². The van der Waals surface area contributed by atoms with Crippen LogP contribution in [0.2, 0.25) is 5.02 Å². The molecule has 7 nitrogen and oxygen atoms in total. The lowest BCUT2D eigenvalue weighted by Gasteiger charge is -2.70. The molecule has 1 heterocycles. The van der Waals surface area contributed by atoms with E-state index < -0.39 is 5.82 Å². The van der Waals surface area contributed by atoms with Crippen LogP contribution >= 0.6 is 11.6 Å². The van der Waals surface area contributed by atoms with Crippen LogP contribution in [-0.2, 0) is 11.2 Å². The Morgan fingerprint density at radius 1 is 1.28 bits per heavy atom. The molecule has 1 aromatic heterocycles. The minimum Gasteiger partial charge on any atom is -0.484 e. The molecule has 2 amide bonds. The first kappa shape index (κ1) is 19.7. The summed E-state index contributed by atoms with van der Waals surface area (Å²) in [5.74, 6) is -0.337. The Balaban J connectivity index is 1.26. The molecule has 0 aliphatic heterocycles. The highest BCUT2D eigenvalue weighted by Crippen LogP contribution is 2.60. The van der Waals surface area contributed by atoms with E-state index in [1.54, 1.807) is 6.92 Å². The predicted octanol–water partition coefficient (Wildman–Crippen LogP) is 2.94. The third kappa shape index (κ3) is 3.57. The number of aryl methyl sites for hydroxylation is 2. The number of nitrogens with zero attached hydrogens (tertiary/aromatic N) is 1. The molecule has 2 aromatic rings. The summed E-state index contributed by atoms with van der Waals surface area (Å²) in [6.07, 6.45) is 2.61. The molecule has 0 saturated heterocycles. The molecular formula is C20H21ClFN3O4. The molecule has 3 aliphatic carbocycles. The normalized spacial score (nSPS) is 24.3. The van der Waals surface area contributed by atoms with Crippen LogP contribution in [0.4, 0.5) is 4.39 Å². The van der Waals surface area contributed by atoms with Crippen LogP contribution in [0, 0.1) is 12.7 Å². The van der Waals surface area contributed by atoms with Crippen LogP contribution < -0.4 is 15.4 Å². The fourth-order valence-corrected chi connectivity index (χ4v) is 4.47. The quantitative estimate of drug-likeness (QED) is 0.717. The van der Waals surface area contributed by atoms with Gasteiger partial charge in [0.25, 0.3) is 11.8 Å². The average molecular weight is 422 g/mol. The Kier molecular flexibility index (Phi) is 4.77. The van der Waals surface area contributed by atoms with Crippen molar-refractivity contribution in [2.24, 2.45) is 0 Å². The number of carbonyl (C=O) groups is 2. The summed E-state index contributed by atoms with van der Waals surface area (Å²) >= 11 is 5.62. The summed E-state index contributed by atoms with van der Waals surface area (Å²) in [5, 5.41) is 9.93. The van der Waals surface area contributed by atoms with E-state index in [1.165, 1.54) is 12.1 Å². The van der Waals surface area contributed by atoms with Gasteiger partial charge in [0, 0.05) is 17.1 Å². The Bertz CT molecular complexity index is 970. The fraction of sp³-hybridized carbons (Fsp3) is 0.450. The van der Waals surface area contributed by atoms with Gasteiger partial charge in [-0.3, -0.25) is 9.59 Å². The van der Waals surface area contributed by atoms with Gasteiger partial charge in [0.15, 0.2) is 6.61 Å². The maximum atomic E-state index is 13.4. The number of nitrogens with one attached hydrogen (secondary N) is 2. The number of rotatable bonds is 7. The van der Waals surface area contributed by atoms with Crippen molar-refractivity contribution in [1.29, 1.82) is 0 Å². The molecule has 3 saturated carbocycles. The van der Waals surface area contributed by atoms with Gasteiger partial charge in [0.1, 0.15) is 22.9 Å². The zero-order chi connectivity index (χ0) is 20.8. The summed E-state index contributed by atoms with van der Waals surface area (Å²) in [6, 6.07) is 4.01. The maximum absolute atomic E-state index is 13.4. The van der Waals surface area contributed by atoms with Gasteiger partial charge in [-0.05, 0) is 44.7 Å². The van der Waals surface area contributed by atoms with Gasteiger partial charge in [-0.15, -0.1) is 0 Å². The highest BCUT2D eigenvalue weighted by atomic mass is 35.5. The molecule has 0 unspecified atom stereocenters. The first-order valence-corrected chi connectivity index (χ1v) is 9.79. The van der Waals surface area contributed by atoms with Crippen LogP contribution in [0.3, 0.4) is 0 Å². The summed E-state index contributed by atoms with van der Waals surface area (Å²) in [6.45, 7) is 3.42. The Morgan fingerprint density at radius 2 is 1.97 bits per heavy atom. The van der Waals surface area contributed by atoms with Crippen molar-refractivity contribution < 1.29 is 23.2 Å². The highest BCUT2D eigenvalue weighted by Gasteiger charge is 2.69. The van der Waals surface area contributed by atoms with Crippen LogP contribution in [0.1, 0.15) is 48.0 Å². The molecule has 154 valence electrons. The summed E-state index contributed by atoms with van der Waals surface area (Å²) in [4.78, 5) is 24.8. The van der Waals surface area contributed by atoms with Gasteiger partial charge in [-0.2, -0.15) is 0 Å². The summed E-state index contributed by atoms with van der Waals surface area (Å²) < 4.78 is 23.8. The van der Waals surface area contributed by atoms with E-state index in [0.717, 1.165) is 6.07 Å². The minimum atomic E-state index is -0.601. The largest absolute Gasteiger partial charge is 0.484 e. The lowest BCUT2D eigenvalue weighted by atomic mass is 9.44. The standard InChI is InChI=1S/C20H21ClFN3O4/c1-3-15-17(11(2)29-25-15)18(27)24-20-8-19(9-20,10-20)23-16(26)7-28-12-4-5-13(21)14(22)6-12/h4-6H,3,7-10H2,1-2H3,(H,23,26)(H,24,27). The SMILES string of the molecule is CCc1noc(C)c1C(=O)NC12CC(NC(=O)COc3ccc(Cl)c(F)c3)(C1)C2. The second kappa shape index (κ2) is 7.02. The molecule has 5 rings (SSSR count). The number of carbonyl (C=O) groups excluding carboxylic acids is 2. The van der Waals surface area contributed by atoms with Gasteiger partial charge >= 0.3 is 0 Å². The second-order valence-corrected chi connectivity index (χ2v) is 8.28. The van der Waals surface area contributed by atoms with E-state index >= 15 is 0 Å². The number of benzene rings is 1. The Labute approximate surface area is 171 Å². The molecule has 9 heteroatoms. The van der Waals surface area contributed by atoms with Crippen molar-refractivity contribution in [1.82, 2.24) is 15.8 Å². The van der Waals surface area contributed by atoms with E-state index in [1.807, 2.05) is 6.92 Å². The van der Waals surface area contributed by atoms with E-state index in [4.69, 9.17) is 20.9 Å². The Hall–Kier alpha value is -2.61. The van der Waals surface area contributed by atoms with Crippen molar-refractivity contribution in [3.63, 3.8) is 0 Å². The number of aromatic nitrogens is 1. The number of hydrogen-bond donors (Lipinski definition) is 2. The van der Waals surface area contributed by atoms with Crippen LogP contribution in [-0.4, -0.2) is 34.7 Å². The number of ether oxygens (including phenoxy) is 1. The fourth-order valence-electron chi connectivity index (χ4n) is 4.35. The molecule has 29 heavy (non-hydrogen) atoms. The zero-order valence-corrected chi connectivity index (χ0v) is 16.9. The Morgan fingerprint density at radius 3 is 2.62 bits per heavy atom.